The molecule has 3 rings (SSSR count). The number of carbonyl (C=O) groups excluding carboxylic acids is 1. The molecule has 1 unspecified atom stereocenters. The highest BCUT2D eigenvalue weighted by Crippen LogP contribution is 2.27. The monoisotopic (exact) mass is 437 g/mol. The Labute approximate surface area is 174 Å². The van der Waals surface area contributed by atoms with Gasteiger partial charge in [-0.2, -0.15) is 5.10 Å². The van der Waals surface area contributed by atoms with Gasteiger partial charge in [0.15, 0.2) is 5.69 Å². The van der Waals surface area contributed by atoms with Crippen LogP contribution in [-0.4, -0.2) is 31.9 Å². The molecule has 1 amide bonds. The van der Waals surface area contributed by atoms with E-state index in [1.807, 2.05) is 0 Å². The van der Waals surface area contributed by atoms with Crippen LogP contribution in [0.5, 0.6) is 5.88 Å². The molecule has 10 heteroatoms. The fourth-order valence-electron chi connectivity index (χ4n) is 2.71. The number of aliphatic carboxylic acids is 1. The van der Waals surface area contributed by atoms with Crippen molar-refractivity contribution < 1.29 is 24.2 Å². The summed E-state index contributed by atoms with van der Waals surface area (Å²) in [6, 6.07) is 9.89. The van der Waals surface area contributed by atoms with Crippen molar-refractivity contribution in [1.29, 1.82) is 0 Å². The fourth-order valence-corrected chi connectivity index (χ4v) is 3.14. The number of carbonyl (C=O) groups is 2. The summed E-state index contributed by atoms with van der Waals surface area (Å²) in [4.78, 5) is 23.8. The molecule has 0 aliphatic heterocycles. The van der Waals surface area contributed by atoms with Crippen LogP contribution in [0.25, 0.3) is 5.69 Å². The maximum atomic E-state index is 13.6. The van der Waals surface area contributed by atoms with E-state index in [1.165, 1.54) is 12.1 Å². The minimum atomic E-state index is -1.22. The summed E-state index contributed by atoms with van der Waals surface area (Å²) < 4.78 is 14.7. The van der Waals surface area contributed by atoms with Crippen LogP contribution in [0.1, 0.15) is 28.5 Å². The van der Waals surface area contributed by atoms with E-state index in [0.717, 1.165) is 22.9 Å². The predicted octanol–water partition coefficient (Wildman–Crippen LogP) is 3.97. The summed E-state index contributed by atoms with van der Waals surface area (Å²) in [5.74, 6) is -2.94. The van der Waals surface area contributed by atoms with Crippen molar-refractivity contribution in [2.45, 2.75) is 12.5 Å². The van der Waals surface area contributed by atoms with Crippen LogP contribution in [0, 0.1) is 5.82 Å². The van der Waals surface area contributed by atoms with Crippen molar-refractivity contribution in [3.8, 4) is 11.6 Å². The molecule has 7 nitrogen and oxygen atoms in total. The van der Waals surface area contributed by atoms with Gasteiger partial charge < -0.3 is 15.5 Å². The van der Waals surface area contributed by atoms with Crippen molar-refractivity contribution in [2.75, 3.05) is 0 Å². The zero-order chi connectivity index (χ0) is 21.1. The van der Waals surface area contributed by atoms with Crippen LogP contribution in [0.2, 0.25) is 10.0 Å². The van der Waals surface area contributed by atoms with Gasteiger partial charge >= 0.3 is 5.97 Å². The van der Waals surface area contributed by atoms with Gasteiger partial charge in [0, 0.05) is 16.1 Å². The molecule has 1 atom stereocenters. The van der Waals surface area contributed by atoms with Crippen molar-refractivity contribution >= 4 is 35.1 Å². The Balaban J connectivity index is 1.89. The first-order valence-corrected chi connectivity index (χ1v) is 9.03. The largest absolute Gasteiger partial charge is 0.493 e. The highest BCUT2D eigenvalue weighted by molar-refractivity contribution is 6.31. The topological polar surface area (TPSA) is 104 Å². The number of rotatable bonds is 6. The number of hydrogen-bond acceptors (Lipinski definition) is 4. The second-order valence-electron chi connectivity index (χ2n) is 6.07. The summed E-state index contributed by atoms with van der Waals surface area (Å²) in [5.41, 5.74) is 0.357. The van der Waals surface area contributed by atoms with Gasteiger partial charge in [-0.25, -0.2) is 9.07 Å². The van der Waals surface area contributed by atoms with Gasteiger partial charge in [-0.1, -0.05) is 29.3 Å². The number of benzene rings is 2. The average molecular weight is 438 g/mol. The van der Waals surface area contributed by atoms with Crippen LogP contribution in [0.4, 0.5) is 4.39 Å². The average Bonchev–Trinajstić information content (AvgIpc) is 3.05. The van der Waals surface area contributed by atoms with Crippen molar-refractivity contribution in [3.05, 3.63) is 75.7 Å². The summed E-state index contributed by atoms with van der Waals surface area (Å²) in [6.45, 7) is 0. The third kappa shape index (κ3) is 4.85. The molecule has 1 aromatic heterocycles. The molecule has 0 fully saturated rings. The normalized spacial score (nSPS) is 11.8. The number of carboxylic acids is 1. The van der Waals surface area contributed by atoms with Crippen LogP contribution in [0.15, 0.2) is 48.5 Å². The lowest BCUT2D eigenvalue weighted by molar-refractivity contribution is -0.137. The minimum Gasteiger partial charge on any atom is -0.493 e. The van der Waals surface area contributed by atoms with Gasteiger partial charge in [0.25, 0.3) is 5.91 Å². The SMILES string of the molecule is O=C(O)CC(NC(=O)c1cc(O)n(-c2cccc(Cl)c2)n1)c1cc(F)ccc1Cl. The molecule has 150 valence electrons. The van der Waals surface area contributed by atoms with Crippen molar-refractivity contribution in [1.82, 2.24) is 15.1 Å². The molecule has 1 heterocycles. The Morgan fingerprint density at radius 1 is 1.17 bits per heavy atom. The Morgan fingerprint density at radius 2 is 1.93 bits per heavy atom. The number of carboxylic acid groups (broad SMARTS) is 1. The summed E-state index contributed by atoms with van der Waals surface area (Å²) in [5, 5.41) is 26.3. The van der Waals surface area contributed by atoms with Crippen LogP contribution < -0.4 is 5.32 Å². The lowest BCUT2D eigenvalue weighted by Crippen LogP contribution is -2.31. The minimum absolute atomic E-state index is 0.102. The third-order valence-corrected chi connectivity index (χ3v) is 4.57. The van der Waals surface area contributed by atoms with Crippen LogP contribution in [0.3, 0.4) is 0 Å². The van der Waals surface area contributed by atoms with E-state index in [4.69, 9.17) is 28.3 Å². The maximum absolute atomic E-state index is 13.6. The van der Waals surface area contributed by atoms with Crippen LogP contribution in [-0.2, 0) is 4.79 Å². The number of hydrogen-bond donors (Lipinski definition) is 3. The van der Waals surface area contributed by atoms with E-state index in [0.29, 0.717) is 10.7 Å². The van der Waals surface area contributed by atoms with Gasteiger partial charge in [-0.05, 0) is 42.0 Å². The number of aromatic hydroxyl groups is 1. The van der Waals surface area contributed by atoms with E-state index < -0.39 is 30.2 Å². The molecule has 0 bridgehead atoms. The first-order valence-electron chi connectivity index (χ1n) is 8.27. The quantitative estimate of drug-likeness (QED) is 0.541. The molecule has 0 saturated carbocycles. The van der Waals surface area contributed by atoms with Gasteiger partial charge in [0.2, 0.25) is 5.88 Å². The summed E-state index contributed by atoms with van der Waals surface area (Å²) in [7, 11) is 0. The highest BCUT2D eigenvalue weighted by atomic mass is 35.5. The lowest BCUT2D eigenvalue weighted by Gasteiger charge is -2.18. The molecule has 0 radical (unpaired) electrons. The molecule has 0 aliphatic rings. The van der Waals surface area contributed by atoms with Gasteiger partial charge in [0.05, 0.1) is 18.2 Å². The third-order valence-electron chi connectivity index (χ3n) is 3.99. The Hall–Kier alpha value is -3.10. The fraction of sp³-hybridized carbons (Fsp3) is 0.105. The second kappa shape index (κ2) is 8.50. The van der Waals surface area contributed by atoms with E-state index in [2.05, 4.69) is 10.4 Å². The molecular formula is C19H14Cl2FN3O4. The molecular weight excluding hydrogens is 424 g/mol. The molecule has 0 saturated heterocycles. The molecule has 0 aliphatic carbocycles. The van der Waals surface area contributed by atoms with Gasteiger partial charge in [-0.15, -0.1) is 0 Å². The Kier molecular flexibility index (Phi) is 6.05. The predicted molar refractivity (Wildman–Crippen MR) is 104 cm³/mol. The molecule has 3 N–H and O–H groups in total. The van der Waals surface area contributed by atoms with E-state index >= 15 is 0 Å². The summed E-state index contributed by atoms with van der Waals surface area (Å²) >= 11 is 12.0. The van der Waals surface area contributed by atoms with Gasteiger partial charge in [-0.3, -0.25) is 9.59 Å². The zero-order valence-corrected chi connectivity index (χ0v) is 16.2. The first kappa shape index (κ1) is 20.6. The molecule has 2 aromatic carbocycles. The van der Waals surface area contributed by atoms with Crippen molar-refractivity contribution in [2.24, 2.45) is 0 Å². The first-order chi connectivity index (χ1) is 13.7. The number of nitrogens with one attached hydrogen (secondary N) is 1. The van der Waals surface area contributed by atoms with Gasteiger partial charge in [0.1, 0.15) is 5.82 Å². The summed E-state index contributed by atoms with van der Waals surface area (Å²) in [6.07, 6.45) is -0.532. The maximum Gasteiger partial charge on any atom is 0.305 e. The van der Waals surface area contributed by atoms with E-state index in [9.17, 15) is 19.1 Å². The molecule has 0 spiro atoms. The highest BCUT2D eigenvalue weighted by Gasteiger charge is 2.24. The number of amides is 1. The van der Waals surface area contributed by atoms with E-state index in [-0.39, 0.29) is 22.2 Å². The van der Waals surface area contributed by atoms with Crippen LogP contribution >= 0.6 is 23.2 Å². The standard InChI is InChI=1S/C19H14Cl2FN3O4/c20-10-2-1-3-12(6-10)25-17(26)8-16(24-25)19(29)23-15(9-18(27)28)13-7-11(22)4-5-14(13)21/h1-8,15,26H,9H2,(H,23,29)(H,27,28). The lowest BCUT2D eigenvalue weighted by atomic mass is 10.0. The second-order valence-corrected chi connectivity index (χ2v) is 6.91. The van der Waals surface area contributed by atoms with E-state index in [1.54, 1.807) is 18.2 Å². The number of halogens is 3. The zero-order valence-electron chi connectivity index (χ0n) is 14.6. The number of nitrogens with zero attached hydrogens (tertiary/aromatic N) is 2. The Morgan fingerprint density at radius 3 is 2.62 bits per heavy atom. The van der Waals surface area contributed by atoms with Crippen molar-refractivity contribution in [3.63, 3.8) is 0 Å². The molecule has 3 aromatic rings. The Bertz CT molecular complexity index is 1090. The smallest absolute Gasteiger partial charge is 0.305 e. The molecule has 29 heavy (non-hydrogen) atoms. The number of aromatic nitrogens is 2.